The molecule has 1 heterocycles. The zero-order chi connectivity index (χ0) is 23.1. The lowest BCUT2D eigenvalue weighted by Gasteiger charge is -2.28. The summed E-state index contributed by atoms with van der Waals surface area (Å²) in [5, 5.41) is 13.0. The van der Waals surface area contributed by atoms with Gasteiger partial charge in [0, 0.05) is 12.0 Å². The monoisotopic (exact) mass is 453 g/mol. The van der Waals surface area contributed by atoms with E-state index in [1.807, 2.05) is 0 Å². The normalized spacial score (nSPS) is 21.9. The van der Waals surface area contributed by atoms with Crippen molar-refractivity contribution in [2.75, 3.05) is 10.6 Å². The summed E-state index contributed by atoms with van der Waals surface area (Å²) in [6.07, 6.45) is -14.2. The summed E-state index contributed by atoms with van der Waals surface area (Å²) >= 11 is 0. The first-order valence-electron chi connectivity index (χ1n) is 8.39. The minimum absolute atomic E-state index is 0.666. The van der Waals surface area contributed by atoms with Gasteiger partial charge in [0.25, 0.3) is 5.92 Å². The van der Waals surface area contributed by atoms with Crippen molar-refractivity contribution in [3.63, 3.8) is 0 Å². The van der Waals surface area contributed by atoms with Crippen molar-refractivity contribution in [3.05, 3.63) is 11.7 Å². The fourth-order valence-electron chi connectivity index (χ4n) is 2.31. The Morgan fingerprint density at radius 2 is 1.37 bits per heavy atom. The molecule has 170 valence electrons. The van der Waals surface area contributed by atoms with Gasteiger partial charge in [-0.2, -0.15) is 41.3 Å². The van der Waals surface area contributed by atoms with Crippen LogP contribution in [0.3, 0.4) is 0 Å². The predicted molar refractivity (Wildman–Crippen MR) is 86.3 cm³/mol. The molecule has 0 amide bonds. The molecule has 0 spiro atoms. The second-order valence-corrected chi connectivity index (χ2v) is 6.61. The Kier molecular flexibility index (Phi) is 6.45. The molecule has 1 aromatic rings. The molecule has 0 unspecified atom stereocenters. The van der Waals surface area contributed by atoms with E-state index in [-0.39, 0.29) is 0 Å². The fraction of sp³-hybridized carbons (Fsp3) is 0.667. The van der Waals surface area contributed by atoms with Crippen LogP contribution < -0.4 is 10.6 Å². The molecule has 30 heavy (non-hydrogen) atoms. The zero-order valence-corrected chi connectivity index (χ0v) is 15.3. The minimum Gasteiger partial charge on any atom is -0.380 e. The van der Waals surface area contributed by atoms with Crippen molar-refractivity contribution in [2.24, 2.45) is 0 Å². The molecule has 0 aromatic carbocycles. The minimum atomic E-state index is -4.78. The van der Waals surface area contributed by atoms with Crippen molar-refractivity contribution in [3.8, 4) is 0 Å². The molecule has 1 aromatic heterocycles. The van der Waals surface area contributed by atoms with E-state index in [0.717, 1.165) is 0 Å². The Morgan fingerprint density at radius 3 is 1.77 bits per heavy atom. The summed E-state index contributed by atoms with van der Waals surface area (Å²) in [6, 6.07) is -4.50. The van der Waals surface area contributed by atoms with Gasteiger partial charge in [0.1, 0.15) is 17.9 Å². The number of aliphatic hydroxyl groups excluding tert-OH is 1. The number of allylic oxidation sites excluding steroid dienone is 1. The number of alkyl halides is 8. The SMILES string of the molecule is C[C@@H](Nc1nc(N[C@H](C)C(F)(F)F)nc(C2=C(F)[C@@H](O)C(F)(F)CC2)n1)C(F)(F)F. The number of hydrogen-bond donors (Lipinski definition) is 3. The highest BCUT2D eigenvalue weighted by atomic mass is 19.4. The molecular weight excluding hydrogens is 437 g/mol. The van der Waals surface area contributed by atoms with Crippen molar-refractivity contribution < 1.29 is 44.6 Å². The highest BCUT2D eigenvalue weighted by Gasteiger charge is 2.46. The van der Waals surface area contributed by atoms with Crippen LogP contribution in [0.15, 0.2) is 5.83 Å². The number of halogens is 9. The summed E-state index contributed by atoms with van der Waals surface area (Å²) in [5.74, 6) is -8.06. The van der Waals surface area contributed by atoms with Crippen LogP contribution in [0.4, 0.5) is 51.4 Å². The molecule has 6 nitrogen and oxygen atoms in total. The summed E-state index contributed by atoms with van der Waals surface area (Å²) in [4.78, 5) is 10.4. The first kappa shape index (κ1) is 24.0. The number of aromatic nitrogens is 3. The number of rotatable bonds is 5. The summed E-state index contributed by atoms with van der Waals surface area (Å²) in [5.41, 5.74) is -0.679. The number of nitrogens with zero attached hydrogens (tertiary/aromatic N) is 3. The van der Waals surface area contributed by atoms with E-state index >= 15 is 0 Å². The maximum absolute atomic E-state index is 14.2. The van der Waals surface area contributed by atoms with Gasteiger partial charge >= 0.3 is 12.4 Å². The predicted octanol–water partition coefficient (Wildman–Crippen LogP) is 4.07. The molecule has 0 saturated heterocycles. The number of aliphatic hydroxyl groups is 1. The molecule has 2 rings (SSSR count). The van der Waals surface area contributed by atoms with Gasteiger partial charge in [-0.1, -0.05) is 0 Å². The van der Waals surface area contributed by atoms with Crippen molar-refractivity contribution in [1.29, 1.82) is 0 Å². The van der Waals surface area contributed by atoms with Crippen LogP contribution >= 0.6 is 0 Å². The van der Waals surface area contributed by atoms with Crippen LogP contribution in [0.25, 0.3) is 5.57 Å². The van der Waals surface area contributed by atoms with E-state index in [1.54, 1.807) is 10.6 Å². The van der Waals surface area contributed by atoms with Crippen molar-refractivity contribution >= 4 is 17.5 Å². The summed E-state index contributed by atoms with van der Waals surface area (Å²) < 4.78 is 118. The third kappa shape index (κ3) is 5.43. The first-order valence-corrected chi connectivity index (χ1v) is 8.39. The molecule has 0 aliphatic heterocycles. The smallest absolute Gasteiger partial charge is 0.380 e. The average Bonchev–Trinajstić information content (AvgIpc) is 2.58. The molecule has 15 heteroatoms. The van der Waals surface area contributed by atoms with Crippen LogP contribution in [-0.4, -0.2) is 56.5 Å². The van der Waals surface area contributed by atoms with E-state index in [2.05, 4.69) is 15.0 Å². The Hall–Kier alpha value is -2.32. The van der Waals surface area contributed by atoms with Gasteiger partial charge in [0.05, 0.1) is 0 Å². The lowest BCUT2D eigenvalue weighted by molar-refractivity contribution is -0.139. The van der Waals surface area contributed by atoms with Crippen molar-refractivity contribution in [2.45, 2.75) is 63.2 Å². The molecule has 3 atom stereocenters. The van der Waals surface area contributed by atoms with Crippen LogP contribution in [0.5, 0.6) is 0 Å². The largest absolute Gasteiger partial charge is 0.408 e. The second-order valence-electron chi connectivity index (χ2n) is 6.61. The Morgan fingerprint density at radius 1 is 0.933 bits per heavy atom. The molecule has 3 N–H and O–H groups in total. The van der Waals surface area contributed by atoms with Gasteiger partial charge < -0.3 is 15.7 Å². The van der Waals surface area contributed by atoms with Crippen LogP contribution in [-0.2, 0) is 0 Å². The van der Waals surface area contributed by atoms with Crippen LogP contribution in [0, 0.1) is 0 Å². The standard InChI is InChI=1S/C15H16F9N5O/c1-5(14(19,20)21)25-11-27-10(7-3-4-13(17,18)9(30)8(7)16)28-12(29-11)26-6(2)15(22,23)24/h5-6,9,30H,3-4H2,1-2H3,(H2,25,26,27,28,29)/t5-,6-,9-/m1/s1. The summed E-state index contributed by atoms with van der Waals surface area (Å²) in [7, 11) is 0. The van der Waals surface area contributed by atoms with E-state index < -0.39 is 78.4 Å². The van der Waals surface area contributed by atoms with Gasteiger partial charge in [0.2, 0.25) is 11.9 Å². The zero-order valence-electron chi connectivity index (χ0n) is 15.3. The molecule has 0 saturated carbocycles. The maximum Gasteiger partial charge on any atom is 0.408 e. The quantitative estimate of drug-likeness (QED) is 0.584. The van der Waals surface area contributed by atoms with Gasteiger partial charge in [-0.05, 0) is 20.3 Å². The Bertz CT molecular complexity index is 768. The summed E-state index contributed by atoms with van der Waals surface area (Å²) in [6.45, 7) is 1.33. The van der Waals surface area contributed by atoms with Crippen LogP contribution in [0.2, 0.25) is 0 Å². The second kappa shape index (κ2) is 8.07. The van der Waals surface area contributed by atoms with E-state index in [4.69, 9.17) is 0 Å². The third-order valence-electron chi connectivity index (χ3n) is 4.22. The number of nitrogens with one attached hydrogen (secondary N) is 2. The van der Waals surface area contributed by atoms with E-state index in [1.165, 1.54) is 0 Å². The number of hydrogen-bond acceptors (Lipinski definition) is 6. The third-order valence-corrected chi connectivity index (χ3v) is 4.22. The first-order chi connectivity index (χ1) is 13.5. The van der Waals surface area contributed by atoms with Gasteiger partial charge in [0.15, 0.2) is 11.9 Å². The molecular formula is C15H16F9N5O. The maximum atomic E-state index is 14.2. The Labute approximate surface area is 163 Å². The molecule has 1 aliphatic carbocycles. The van der Waals surface area contributed by atoms with Gasteiger partial charge in [-0.3, -0.25) is 0 Å². The average molecular weight is 453 g/mol. The number of anilines is 2. The highest BCUT2D eigenvalue weighted by molar-refractivity contribution is 5.66. The molecule has 0 fully saturated rings. The molecule has 0 bridgehead atoms. The Balaban J connectivity index is 2.50. The van der Waals surface area contributed by atoms with E-state index in [9.17, 15) is 44.6 Å². The molecule has 1 aliphatic rings. The van der Waals surface area contributed by atoms with E-state index in [0.29, 0.717) is 13.8 Å². The van der Waals surface area contributed by atoms with Crippen LogP contribution in [0.1, 0.15) is 32.5 Å². The van der Waals surface area contributed by atoms with Crippen molar-refractivity contribution in [1.82, 2.24) is 15.0 Å². The topological polar surface area (TPSA) is 83.0 Å². The highest BCUT2D eigenvalue weighted by Crippen LogP contribution is 2.41. The lowest BCUT2D eigenvalue weighted by Crippen LogP contribution is -2.38. The molecule has 0 radical (unpaired) electrons. The van der Waals surface area contributed by atoms with Gasteiger partial charge in [-0.25, -0.2) is 13.2 Å². The fourth-order valence-corrected chi connectivity index (χ4v) is 2.31. The van der Waals surface area contributed by atoms with Gasteiger partial charge in [-0.15, -0.1) is 0 Å². The lowest BCUT2D eigenvalue weighted by atomic mass is 9.92.